The van der Waals surface area contributed by atoms with Gasteiger partial charge >= 0.3 is 0 Å². The van der Waals surface area contributed by atoms with Gasteiger partial charge in [0.15, 0.2) is 0 Å². The molecule has 1 aliphatic carbocycles. The fourth-order valence-corrected chi connectivity index (χ4v) is 2.91. The highest BCUT2D eigenvalue weighted by atomic mass is 32.1. The van der Waals surface area contributed by atoms with Crippen LogP contribution in [0.2, 0.25) is 0 Å². The number of nitrogens with zero attached hydrogens (tertiary/aromatic N) is 3. The van der Waals surface area contributed by atoms with Crippen molar-refractivity contribution in [2.75, 3.05) is 11.4 Å². The second-order valence-electron chi connectivity index (χ2n) is 4.59. The lowest BCUT2D eigenvalue weighted by Crippen LogP contribution is -2.33. The van der Waals surface area contributed by atoms with Crippen LogP contribution in [-0.4, -0.2) is 27.5 Å². The molecule has 2 bridgehead atoms. The smallest absolute Gasteiger partial charge is 0.226 e. The van der Waals surface area contributed by atoms with E-state index in [1.807, 2.05) is 0 Å². The Labute approximate surface area is 99.9 Å². The molecule has 0 aromatic carbocycles. The van der Waals surface area contributed by atoms with Crippen molar-refractivity contribution in [3.63, 3.8) is 0 Å². The van der Waals surface area contributed by atoms with Crippen LogP contribution in [0, 0.1) is 5.92 Å². The number of fused-ring (bicyclic) bond motifs is 2. The van der Waals surface area contributed by atoms with E-state index in [0.717, 1.165) is 18.4 Å². The Balaban J connectivity index is 1.89. The normalized spacial score (nSPS) is 27.4. The molecule has 4 nitrogen and oxygen atoms in total. The number of nitrogens with two attached hydrogens (primary N) is 1. The average Bonchev–Trinajstić information content (AvgIpc) is 2.91. The Morgan fingerprint density at radius 3 is 3.00 bits per heavy atom. The molecule has 2 N–H and O–H groups in total. The summed E-state index contributed by atoms with van der Waals surface area (Å²) in [7, 11) is 0. The Bertz CT molecular complexity index is 434. The maximum Gasteiger partial charge on any atom is 0.226 e. The molecule has 1 saturated heterocycles. The fourth-order valence-electron chi connectivity index (χ4n) is 2.79. The first-order chi connectivity index (χ1) is 7.74. The summed E-state index contributed by atoms with van der Waals surface area (Å²) < 4.78 is 0. The maximum absolute atomic E-state index is 5.58. The quantitative estimate of drug-likeness (QED) is 0.777. The predicted octanol–water partition coefficient (Wildman–Crippen LogP) is 1.10. The molecule has 2 aliphatic rings. The summed E-state index contributed by atoms with van der Waals surface area (Å²) >= 11 is 4.93. The van der Waals surface area contributed by atoms with Gasteiger partial charge < -0.3 is 10.6 Å². The zero-order valence-corrected chi connectivity index (χ0v) is 9.78. The van der Waals surface area contributed by atoms with Crippen molar-refractivity contribution in [1.29, 1.82) is 0 Å². The van der Waals surface area contributed by atoms with E-state index in [0.29, 0.717) is 16.7 Å². The number of hydrogen-bond acceptors (Lipinski definition) is 4. The molecule has 16 heavy (non-hydrogen) atoms. The van der Waals surface area contributed by atoms with Crippen molar-refractivity contribution < 1.29 is 0 Å². The Kier molecular flexibility index (Phi) is 2.28. The van der Waals surface area contributed by atoms with E-state index in [2.05, 4.69) is 14.9 Å². The summed E-state index contributed by atoms with van der Waals surface area (Å²) in [5.41, 5.74) is 6.25. The predicted molar refractivity (Wildman–Crippen MR) is 66.4 cm³/mol. The van der Waals surface area contributed by atoms with E-state index in [4.69, 9.17) is 18.0 Å². The van der Waals surface area contributed by atoms with Gasteiger partial charge in [0.1, 0.15) is 10.7 Å². The van der Waals surface area contributed by atoms with Crippen molar-refractivity contribution in [2.24, 2.45) is 11.7 Å². The third kappa shape index (κ3) is 1.55. The van der Waals surface area contributed by atoms with Crippen molar-refractivity contribution in [3.05, 3.63) is 18.0 Å². The van der Waals surface area contributed by atoms with Gasteiger partial charge in [-0.15, -0.1) is 0 Å². The summed E-state index contributed by atoms with van der Waals surface area (Å²) in [6.07, 6.45) is 5.66. The number of anilines is 1. The van der Waals surface area contributed by atoms with Crippen LogP contribution in [0.5, 0.6) is 0 Å². The van der Waals surface area contributed by atoms with E-state index in [-0.39, 0.29) is 0 Å². The van der Waals surface area contributed by atoms with Crippen LogP contribution in [0.1, 0.15) is 25.0 Å². The third-order valence-corrected chi connectivity index (χ3v) is 3.77. The summed E-state index contributed by atoms with van der Waals surface area (Å²) in [5.74, 6) is 1.62. The SMILES string of the molecule is NC(=S)c1ccnc(N2CC3CCC2C3)n1. The molecular formula is C11H14N4S. The molecule has 84 valence electrons. The lowest BCUT2D eigenvalue weighted by molar-refractivity contribution is 0.546. The molecule has 0 amide bonds. The van der Waals surface area contributed by atoms with Gasteiger partial charge in [0, 0.05) is 18.8 Å². The van der Waals surface area contributed by atoms with Gasteiger partial charge in [-0.2, -0.15) is 0 Å². The van der Waals surface area contributed by atoms with Gasteiger partial charge in [-0.05, 0) is 31.2 Å². The van der Waals surface area contributed by atoms with Crippen LogP contribution in [0.4, 0.5) is 5.95 Å². The minimum atomic E-state index is 0.341. The summed E-state index contributed by atoms with van der Waals surface area (Å²) in [4.78, 5) is 11.4. The van der Waals surface area contributed by atoms with Crippen molar-refractivity contribution >= 4 is 23.2 Å². The lowest BCUT2D eigenvalue weighted by Gasteiger charge is -2.26. The van der Waals surface area contributed by atoms with Gasteiger partial charge in [-0.3, -0.25) is 0 Å². The van der Waals surface area contributed by atoms with Crippen LogP contribution < -0.4 is 10.6 Å². The zero-order chi connectivity index (χ0) is 11.1. The standard InChI is InChI=1S/C11H14N4S/c12-10(16)9-3-4-13-11(14-9)15-6-7-1-2-8(15)5-7/h3-4,7-8H,1-2,5-6H2,(H2,12,16). The number of aromatic nitrogens is 2. The van der Waals surface area contributed by atoms with Gasteiger partial charge in [0.25, 0.3) is 0 Å². The molecule has 1 aliphatic heterocycles. The van der Waals surface area contributed by atoms with Crippen LogP contribution in [0.25, 0.3) is 0 Å². The number of rotatable bonds is 2. The highest BCUT2D eigenvalue weighted by molar-refractivity contribution is 7.80. The highest BCUT2D eigenvalue weighted by Crippen LogP contribution is 2.38. The first-order valence-corrected chi connectivity index (χ1v) is 6.04. The molecular weight excluding hydrogens is 220 g/mol. The van der Waals surface area contributed by atoms with Crippen LogP contribution in [-0.2, 0) is 0 Å². The Morgan fingerprint density at radius 1 is 1.50 bits per heavy atom. The molecule has 2 fully saturated rings. The molecule has 1 saturated carbocycles. The van der Waals surface area contributed by atoms with Gasteiger partial charge in [-0.1, -0.05) is 12.2 Å². The molecule has 2 unspecified atom stereocenters. The van der Waals surface area contributed by atoms with Crippen molar-refractivity contribution in [1.82, 2.24) is 9.97 Å². The third-order valence-electron chi connectivity index (χ3n) is 3.56. The summed E-state index contributed by atoms with van der Waals surface area (Å²) in [6, 6.07) is 2.40. The number of hydrogen-bond donors (Lipinski definition) is 1. The molecule has 1 aromatic heterocycles. The second-order valence-corrected chi connectivity index (χ2v) is 5.03. The zero-order valence-electron chi connectivity index (χ0n) is 8.97. The molecule has 0 spiro atoms. The minimum absolute atomic E-state index is 0.341. The average molecular weight is 234 g/mol. The van der Waals surface area contributed by atoms with E-state index in [1.165, 1.54) is 19.3 Å². The number of thiocarbonyl (C=S) groups is 1. The van der Waals surface area contributed by atoms with E-state index in [9.17, 15) is 0 Å². The second kappa shape index (κ2) is 3.66. The first kappa shape index (κ1) is 9.96. The van der Waals surface area contributed by atoms with Crippen molar-refractivity contribution in [3.8, 4) is 0 Å². The molecule has 1 aromatic rings. The van der Waals surface area contributed by atoms with E-state index in [1.54, 1.807) is 12.3 Å². The summed E-state index contributed by atoms with van der Waals surface area (Å²) in [6.45, 7) is 1.09. The first-order valence-electron chi connectivity index (χ1n) is 5.63. The fraction of sp³-hybridized carbons (Fsp3) is 0.545. The van der Waals surface area contributed by atoms with Crippen LogP contribution in [0.3, 0.4) is 0 Å². The van der Waals surface area contributed by atoms with Crippen LogP contribution in [0.15, 0.2) is 12.3 Å². The van der Waals surface area contributed by atoms with E-state index >= 15 is 0 Å². The Morgan fingerprint density at radius 2 is 2.38 bits per heavy atom. The molecule has 5 heteroatoms. The van der Waals surface area contributed by atoms with Gasteiger partial charge in [0.05, 0.1) is 0 Å². The largest absolute Gasteiger partial charge is 0.388 e. The molecule has 2 heterocycles. The van der Waals surface area contributed by atoms with Gasteiger partial charge in [0.2, 0.25) is 5.95 Å². The lowest BCUT2D eigenvalue weighted by atomic mass is 10.1. The molecule has 3 rings (SSSR count). The topological polar surface area (TPSA) is 55.0 Å². The minimum Gasteiger partial charge on any atom is -0.388 e. The highest BCUT2D eigenvalue weighted by Gasteiger charge is 2.38. The summed E-state index contributed by atoms with van der Waals surface area (Å²) in [5, 5.41) is 0. The van der Waals surface area contributed by atoms with E-state index < -0.39 is 0 Å². The maximum atomic E-state index is 5.58. The Hall–Kier alpha value is -1.23. The number of piperidine rings is 1. The van der Waals surface area contributed by atoms with Gasteiger partial charge in [-0.25, -0.2) is 9.97 Å². The molecule has 0 radical (unpaired) electrons. The molecule has 2 atom stereocenters. The monoisotopic (exact) mass is 234 g/mol. The van der Waals surface area contributed by atoms with Crippen LogP contribution >= 0.6 is 12.2 Å². The van der Waals surface area contributed by atoms with Crippen molar-refractivity contribution in [2.45, 2.75) is 25.3 Å².